The van der Waals surface area contributed by atoms with Crippen LogP contribution in [0.1, 0.15) is 15.9 Å². The number of halogens is 1. The van der Waals surface area contributed by atoms with Gasteiger partial charge in [-0.15, -0.1) is 0 Å². The summed E-state index contributed by atoms with van der Waals surface area (Å²) in [5, 5.41) is 13.5. The summed E-state index contributed by atoms with van der Waals surface area (Å²) in [5.41, 5.74) is 5.94. The lowest BCUT2D eigenvalue weighted by atomic mass is 10.1. The summed E-state index contributed by atoms with van der Waals surface area (Å²) >= 11 is 5.68. The molecule has 9 heteroatoms. The molecular weight excluding hydrogens is 298 g/mol. The molecule has 1 aromatic heterocycles. The van der Waals surface area contributed by atoms with E-state index in [9.17, 15) is 14.9 Å². The summed E-state index contributed by atoms with van der Waals surface area (Å²) in [7, 11) is 0. The van der Waals surface area contributed by atoms with Crippen LogP contribution in [-0.2, 0) is 6.54 Å². The summed E-state index contributed by atoms with van der Waals surface area (Å²) in [5.74, 6) is -0.494. The molecule has 0 saturated heterocycles. The van der Waals surface area contributed by atoms with E-state index >= 15 is 0 Å². The van der Waals surface area contributed by atoms with E-state index in [1.807, 2.05) is 0 Å². The van der Waals surface area contributed by atoms with Gasteiger partial charge in [0.05, 0.1) is 4.92 Å². The maximum atomic E-state index is 10.9. The topological polar surface area (TPSA) is 124 Å². The second kappa shape index (κ2) is 6.14. The van der Waals surface area contributed by atoms with Crippen LogP contribution in [0.2, 0.25) is 5.15 Å². The maximum Gasteiger partial charge on any atom is 0.348 e. The molecule has 2 aromatic rings. The molecule has 0 radical (unpaired) electrons. The summed E-state index contributed by atoms with van der Waals surface area (Å²) in [6.45, 7) is 0.271. The standard InChI is InChI=1S/C12H10ClN5O3/c13-10-9(18(20)21)12(17-6-16-10)15-5-7-1-3-8(4-2-7)11(14)19/h1-4,6H,5H2,(H2,14,19)(H,15,16,17). The molecule has 0 aliphatic rings. The zero-order chi connectivity index (χ0) is 15.4. The second-order valence-corrected chi connectivity index (χ2v) is 4.39. The smallest absolute Gasteiger partial charge is 0.348 e. The first kappa shape index (κ1) is 14.7. The molecule has 1 aromatic carbocycles. The molecule has 0 unspecified atom stereocenters. The molecule has 21 heavy (non-hydrogen) atoms. The van der Waals surface area contributed by atoms with E-state index in [2.05, 4.69) is 15.3 Å². The van der Waals surface area contributed by atoms with Gasteiger partial charge in [0.25, 0.3) is 0 Å². The van der Waals surface area contributed by atoms with E-state index in [1.54, 1.807) is 24.3 Å². The van der Waals surface area contributed by atoms with Gasteiger partial charge in [-0.1, -0.05) is 23.7 Å². The van der Waals surface area contributed by atoms with Crippen LogP contribution in [-0.4, -0.2) is 20.8 Å². The predicted molar refractivity (Wildman–Crippen MR) is 76.0 cm³/mol. The van der Waals surface area contributed by atoms with Crippen molar-refractivity contribution in [3.63, 3.8) is 0 Å². The Kier molecular flexibility index (Phi) is 4.29. The lowest BCUT2D eigenvalue weighted by Gasteiger charge is -2.07. The lowest BCUT2D eigenvalue weighted by molar-refractivity contribution is -0.384. The molecule has 1 heterocycles. The van der Waals surface area contributed by atoms with Crippen LogP contribution in [0, 0.1) is 10.1 Å². The van der Waals surface area contributed by atoms with Crippen LogP contribution in [0.25, 0.3) is 0 Å². The minimum absolute atomic E-state index is 0.0268. The molecule has 0 saturated carbocycles. The Morgan fingerprint density at radius 1 is 1.33 bits per heavy atom. The fraction of sp³-hybridized carbons (Fsp3) is 0.0833. The zero-order valence-electron chi connectivity index (χ0n) is 10.6. The third kappa shape index (κ3) is 3.42. The number of nitrogens with zero attached hydrogens (tertiary/aromatic N) is 3. The Bertz CT molecular complexity index is 690. The Balaban J connectivity index is 2.15. The van der Waals surface area contributed by atoms with Crippen molar-refractivity contribution in [1.82, 2.24) is 9.97 Å². The van der Waals surface area contributed by atoms with E-state index < -0.39 is 10.8 Å². The molecule has 2 rings (SSSR count). The Labute approximate surface area is 124 Å². The number of hydrogen-bond donors (Lipinski definition) is 2. The molecule has 8 nitrogen and oxygen atoms in total. The number of primary amides is 1. The number of amides is 1. The molecule has 0 fully saturated rings. The first-order chi connectivity index (χ1) is 9.99. The van der Waals surface area contributed by atoms with Gasteiger partial charge in [0, 0.05) is 12.1 Å². The van der Waals surface area contributed by atoms with Crippen LogP contribution in [0.15, 0.2) is 30.6 Å². The maximum absolute atomic E-state index is 10.9. The van der Waals surface area contributed by atoms with Crippen molar-refractivity contribution >= 4 is 29.0 Å². The second-order valence-electron chi connectivity index (χ2n) is 4.03. The minimum atomic E-state index is -0.652. The van der Waals surface area contributed by atoms with Crippen molar-refractivity contribution in [2.24, 2.45) is 5.73 Å². The average Bonchev–Trinajstić information content (AvgIpc) is 2.45. The monoisotopic (exact) mass is 307 g/mol. The van der Waals surface area contributed by atoms with Gasteiger partial charge < -0.3 is 11.1 Å². The number of nitrogens with two attached hydrogens (primary N) is 1. The highest BCUT2D eigenvalue weighted by atomic mass is 35.5. The molecule has 0 spiro atoms. The Morgan fingerprint density at radius 3 is 2.57 bits per heavy atom. The van der Waals surface area contributed by atoms with E-state index in [0.29, 0.717) is 5.56 Å². The van der Waals surface area contributed by atoms with Crippen LogP contribution in [0.4, 0.5) is 11.5 Å². The predicted octanol–water partition coefficient (Wildman–Crippen LogP) is 1.75. The minimum Gasteiger partial charge on any atom is -0.366 e. The van der Waals surface area contributed by atoms with Crippen LogP contribution < -0.4 is 11.1 Å². The number of anilines is 1. The summed E-state index contributed by atoms with van der Waals surface area (Å²) in [4.78, 5) is 28.6. The van der Waals surface area contributed by atoms with Crippen LogP contribution in [0.5, 0.6) is 0 Å². The van der Waals surface area contributed by atoms with Gasteiger partial charge in [-0.2, -0.15) is 0 Å². The average molecular weight is 308 g/mol. The molecular formula is C12H10ClN5O3. The van der Waals surface area contributed by atoms with Crippen LogP contribution in [0.3, 0.4) is 0 Å². The Hall–Kier alpha value is -2.74. The van der Waals surface area contributed by atoms with Crippen LogP contribution >= 0.6 is 11.6 Å². The number of aromatic nitrogens is 2. The molecule has 108 valence electrons. The number of rotatable bonds is 5. The highest BCUT2D eigenvalue weighted by Gasteiger charge is 2.21. The largest absolute Gasteiger partial charge is 0.366 e. The molecule has 0 bridgehead atoms. The van der Waals surface area contributed by atoms with Gasteiger partial charge in [0.2, 0.25) is 16.9 Å². The number of hydrogen-bond acceptors (Lipinski definition) is 6. The van der Waals surface area contributed by atoms with Gasteiger partial charge in [-0.05, 0) is 17.7 Å². The van der Waals surface area contributed by atoms with Crippen molar-refractivity contribution in [3.05, 3.63) is 57.0 Å². The highest BCUT2D eigenvalue weighted by Crippen LogP contribution is 2.28. The summed E-state index contributed by atoms with van der Waals surface area (Å²) in [6.07, 6.45) is 1.13. The molecule has 0 aliphatic carbocycles. The van der Waals surface area contributed by atoms with E-state index in [1.165, 1.54) is 0 Å². The SMILES string of the molecule is NC(=O)c1ccc(CNc2ncnc(Cl)c2[N+](=O)[O-])cc1. The fourth-order valence-electron chi connectivity index (χ4n) is 1.62. The van der Waals surface area contributed by atoms with E-state index in [4.69, 9.17) is 17.3 Å². The van der Waals surface area contributed by atoms with Crippen molar-refractivity contribution in [2.45, 2.75) is 6.54 Å². The van der Waals surface area contributed by atoms with Crippen molar-refractivity contribution in [3.8, 4) is 0 Å². The number of carbonyl (C=O) groups excluding carboxylic acids is 1. The molecule has 0 aliphatic heterocycles. The third-order valence-electron chi connectivity index (χ3n) is 2.66. The van der Waals surface area contributed by atoms with Gasteiger partial charge in [-0.25, -0.2) is 9.97 Å². The quantitative estimate of drug-likeness (QED) is 0.492. The third-order valence-corrected chi connectivity index (χ3v) is 2.94. The lowest BCUT2D eigenvalue weighted by Crippen LogP contribution is -2.11. The molecule has 0 atom stereocenters. The number of nitrogens with one attached hydrogen (secondary N) is 1. The summed E-state index contributed by atoms with van der Waals surface area (Å²) in [6, 6.07) is 6.50. The van der Waals surface area contributed by atoms with Gasteiger partial charge in [0.1, 0.15) is 6.33 Å². The van der Waals surface area contributed by atoms with Crippen molar-refractivity contribution in [2.75, 3.05) is 5.32 Å². The normalized spacial score (nSPS) is 10.1. The van der Waals surface area contributed by atoms with E-state index in [0.717, 1.165) is 11.9 Å². The van der Waals surface area contributed by atoms with Gasteiger partial charge in [0.15, 0.2) is 0 Å². The summed E-state index contributed by atoms with van der Waals surface area (Å²) < 4.78 is 0. The van der Waals surface area contributed by atoms with Gasteiger partial charge >= 0.3 is 5.69 Å². The van der Waals surface area contributed by atoms with E-state index in [-0.39, 0.29) is 23.2 Å². The number of nitro groups is 1. The zero-order valence-corrected chi connectivity index (χ0v) is 11.4. The van der Waals surface area contributed by atoms with Crippen molar-refractivity contribution < 1.29 is 9.72 Å². The highest BCUT2D eigenvalue weighted by molar-refractivity contribution is 6.31. The van der Waals surface area contributed by atoms with Gasteiger partial charge in [-0.3, -0.25) is 14.9 Å². The fourth-order valence-corrected chi connectivity index (χ4v) is 1.82. The first-order valence-electron chi connectivity index (χ1n) is 5.76. The number of benzene rings is 1. The van der Waals surface area contributed by atoms with Crippen molar-refractivity contribution in [1.29, 1.82) is 0 Å². The molecule has 3 N–H and O–H groups in total. The first-order valence-corrected chi connectivity index (χ1v) is 6.14. The molecule has 1 amide bonds. The Morgan fingerprint density at radius 2 is 2.00 bits per heavy atom. The number of carbonyl (C=O) groups is 1.